The van der Waals surface area contributed by atoms with Crippen molar-refractivity contribution in [3.8, 4) is 22.9 Å². The number of rotatable bonds is 11. The maximum atomic E-state index is 14.9. The second kappa shape index (κ2) is 20.1. The molecule has 4 heterocycles. The number of carbonyl (C=O) groups excluding carboxylic acids is 4. The first-order valence-corrected chi connectivity index (χ1v) is 25.2. The van der Waals surface area contributed by atoms with Gasteiger partial charge in [-0.25, -0.2) is 27.9 Å². The van der Waals surface area contributed by atoms with E-state index in [9.17, 15) is 27.6 Å². The summed E-state index contributed by atoms with van der Waals surface area (Å²) in [5.74, 6) is -2.10. The lowest BCUT2D eigenvalue weighted by Crippen LogP contribution is -2.59. The molecule has 0 spiro atoms. The fraction of sp³-hybridized carbons (Fsp3) is 0.500. The van der Waals surface area contributed by atoms with Crippen LogP contribution in [0, 0.1) is 11.8 Å². The minimum Gasteiger partial charge on any atom is -0.497 e. The highest BCUT2D eigenvalue weighted by atomic mass is 32.2. The molecule has 0 radical (unpaired) electrons. The minimum atomic E-state index is -4.41. The molecule has 67 heavy (non-hydrogen) atoms. The van der Waals surface area contributed by atoms with Crippen LogP contribution in [0.4, 0.5) is 15.6 Å². The Morgan fingerprint density at radius 2 is 1.78 bits per heavy atom. The number of nitrogens with one attached hydrogen (secondary N) is 5. The number of methoxy groups -OCH3 is 1. The molecule has 3 aliphatic rings. The molecule has 4 amide bonds. The van der Waals surface area contributed by atoms with Gasteiger partial charge in [-0.15, -0.1) is 11.3 Å². The number of hydrogen-bond acceptors (Lipinski definition) is 14. The van der Waals surface area contributed by atoms with Crippen LogP contribution in [0.15, 0.2) is 71.0 Å². The molecule has 7 rings (SSSR count). The van der Waals surface area contributed by atoms with Gasteiger partial charge < -0.3 is 40.4 Å². The van der Waals surface area contributed by atoms with Gasteiger partial charge in [0.05, 0.1) is 30.6 Å². The number of nitrogens with zero attached hydrogens (tertiary/aromatic N) is 3. The molecule has 4 aromatic rings. The van der Waals surface area contributed by atoms with Crippen molar-refractivity contribution in [3.63, 3.8) is 0 Å². The summed E-state index contributed by atoms with van der Waals surface area (Å²) in [7, 11) is -2.84. The number of benzene rings is 2. The summed E-state index contributed by atoms with van der Waals surface area (Å²) < 4.78 is 47.9. The van der Waals surface area contributed by atoms with Gasteiger partial charge in [0.15, 0.2) is 5.13 Å². The number of ether oxygens (including phenoxy) is 3. The second-order valence-corrected chi connectivity index (χ2v) is 21.5. The lowest BCUT2D eigenvalue weighted by atomic mass is 10.0. The minimum absolute atomic E-state index is 0.0150. The van der Waals surface area contributed by atoms with Gasteiger partial charge >= 0.3 is 6.09 Å². The third-order valence-electron chi connectivity index (χ3n) is 11.8. The fourth-order valence-corrected chi connectivity index (χ4v) is 10.4. The van der Waals surface area contributed by atoms with Crippen molar-refractivity contribution in [2.45, 2.75) is 127 Å². The Bertz CT molecular complexity index is 2630. The van der Waals surface area contributed by atoms with Crippen LogP contribution in [0.1, 0.15) is 87.0 Å². The van der Waals surface area contributed by atoms with Gasteiger partial charge in [-0.3, -0.25) is 14.4 Å². The van der Waals surface area contributed by atoms with Gasteiger partial charge in [-0.2, -0.15) is 0 Å². The van der Waals surface area contributed by atoms with E-state index in [-0.39, 0.29) is 30.3 Å². The van der Waals surface area contributed by atoms with Gasteiger partial charge in [-0.05, 0) is 90.5 Å². The molecule has 19 heteroatoms. The summed E-state index contributed by atoms with van der Waals surface area (Å²) in [5, 5.41) is 15.4. The summed E-state index contributed by atoms with van der Waals surface area (Å²) in [6.07, 6.45) is 5.69. The van der Waals surface area contributed by atoms with Crippen molar-refractivity contribution in [3.05, 3.63) is 66.1 Å². The van der Waals surface area contributed by atoms with Gasteiger partial charge in [0.25, 0.3) is 15.9 Å². The normalized spacial score (nSPS) is 22.7. The van der Waals surface area contributed by atoms with E-state index in [4.69, 9.17) is 24.2 Å². The van der Waals surface area contributed by atoms with Crippen LogP contribution in [-0.4, -0.2) is 103 Å². The fourth-order valence-electron chi connectivity index (χ4n) is 8.37. The molecule has 2 fully saturated rings. The standard InChI is InChI=1S/C48H62N8O9S2/c1-28(2)41(53-46(60)65-47(5,6)7)43(58)56-26-32(64-39-24-36(37-27-66-45(52-37)50-29(3)4)51-35-22-31(63-8)19-20-33(35)39)23-38(56)42(57)54-48-25-30(48)16-12-10-9-11-15-21-49-34-17-13-14-18-40(34)67(61,62)55-44(48)59/h12-14,16-20,22,24,27-30,32,38,41,49H,9-11,15,21,23,25-26H2,1-8H3,(H,50,52)(H,53,60)(H,54,57)(H,55,59)/b16-12-/t30-,32+,38-,41+,48+/m0/s1. The molecular formula is C48H62N8O9S2. The number of pyridine rings is 1. The number of hydrogen-bond donors (Lipinski definition) is 5. The molecule has 17 nitrogen and oxygen atoms in total. The van der Waals surface area contributed by atoms with Crippen molar-refractivity contribution in [1.29, 1.82) is 0 Å². The Balaban J connectivity index is 1.23. The topological polar surface area (TPSA) is 219 Å². The monoisotopic (exact) mass is 958 g/mol. The van der Waals surface area contributed by atoms with Gasteiger partial charge in [0.2, 0.25) is 11.8 Å². The SMILES string of the molecule is COc1ccc2c(O[C@@H]3C[C@@H](C(=O)N[C@]45C[C@@H]4/C=C\CCCCCNc4ccccc4S(=O)(=O)NC5=O)N(C(=O)[C@H](NC(=O)OC(C)(C)C)C(C)C)C3)cc(-c3csc(NC(C)C)n3)nc2c1. The number of fused-ring (bicyclic) bond motifs is 3. The molecular weight excluding hydrogens is 897 g/mol. The quantitative estimate of drug-likeness (QED) is 0.0958. The average Bonchev–Trinajstić information content (AvgIpc) is 3.52. The zero-order valence-corrected chi connectivity index (χ0v) is 40.9. The van der Waals surface area contributed by atoms with E-state index in [2.05, 4.69) is 26.0 Å². The number of aromatic nitrogens is 2. The number of anilines is 2. The smallest absolute Gasteiger partial charge is 0.408 e. The van der Waals surface area contributed by atoms with E-state index >= 15 is 0 Å². The Labute approximate surface area is 396 Å². The zero-order chi connectivity index (χ0) is 48.3. The summed E-state index contributed by atoms with van der Waals surface area (Å²) in [6, 6.07) is 11.4. The molecule has 1 aliphatic carbocycles. The van der Waals surface area contributed by atoms with Crippen LogP contribution >= 0.6 is 11.3 Å². The Morgan fingerprint density at radius 3 is 2.51 bits per heavy atom. The highest BCUT2D eigenvalue weighted by molar-refractivity contribution is 7.90. The largest absolute Gasteiger partial charge is 0.497 e. The molecule has 1 saturated carbocycles. The highest BCUT2D eigenvalue weighted by Gasteiger charge is 2.62. The number of sulfonamides is 1. The van der Waals surface area contributed by atoms with Crippen molar-refractivity contribution < 1.29 is 41.8 Å². The van der Waals surface area contributed by atoms with Crippen LogP contribution in [0.25, 0.3) is 22.3 Å². The lowest BCUT2D eigenvalue weighted by molar-refractivity contribution is -0.141. The molecule has 360 valence electrons. The number of likely N-dealkylation sites (tertiary alicyclic amines) is 1. The second-order valence-electron chi connectivity index (χ2n) is 19.0. The highest BCUT2D eigenvalue weighted by Crippen LogP contribution is 2.46. The number of thiazole rings is 1. The molecule has 2 aliphatic heterocycles. The first-order valence-electron chi connectivity index (χ1n) is 22.8. The third kappa shape index (κ3) is 11.6. The van der Waals surface area contributed by atoms with Crippen molar-refractivity contribution in [1.82, 2.24) is 30.2 Å². The molecule has 0 bridgehead atoms. The van der Waals surface area contributed by atoms with Crippen LogP contribution in [0.5, 0.6) is 11.5 Å². The van der Waals surface area contributed by atoms with Crippen molar-refractivity contribution >= 4 is 66.9 Å². The van der Waals surface area contributed by atoms with E-state index in [1.54, 1.807) is 78.1 Å². The van der Waals surface area contributed by atoms with Gasteiger partial charge in [0, 0.05) is 47.8 Å². The number of amides is 4. The Kier molecular flexibility index (Phi) is 14.7. The first-order chi connectivity index (χ1) is 31.8. The van der Waals surface area contributed by atoms with Crippen molar-refractivity contribution in [2.24, 2.45) is 11.8 Å². The number of alkyl carbamates (subject to hydrolysis) is 1. The first kappa shape index (κ1) is 49.0. The lowest BCUT2D eigenvalue weighted by Gasteiger charge is -2.31. The molecule has 0 unspecified atom stereocenters. The Morgan fingerprint density at radius 1 is 1.00 bits per heavy atom. The molecule has 2 aromatic heterocycles. The van der Waals surface area contributed by atoms with Crippen molar-refractivity contribution in [2.75, 3.05) is 30.8 Å². The van der Waals surface area contributed by atoms with E-state index in [0.29, 0.717) is 46.0 Å². The molecule has 5 atom stereocenters. The summed E-state index contributed by atoms with van der Waals surface area (Å²) in [4.78, 5) is 68.2. The predicted molar refractivity (Wildman–Crippen MR) is 258 cm³/mol. The summed E-state index contributed by atoms with van der Waals surface area (Å²) in [6.45, 7) is 13.2. The van der Waals surface area contributed by atoms with Crippen LogP contribution in [-0.2, 0) is 29.1 Å². The summed E-state index contributed by atoms with van der Waals surface area (Å²) in [5.41, 5.74) is -0.425. The van der Waals surface area contributed by atoms with Gasteiger partial charge in [-0.1, -0.05) is 44.6 Å². The van der Waals surface area contributed by atoms with E-state index < -0.39 is 75.0 Å². The average molecular weight is 959 g/mol. The van der Waals surface area contributed by atoms with E-state index in [1.807, 2.05) is 37.4 Å². The molecule has 1 saturated heterocycles. The molecule has 2 aromatic carbocycles. The van der Waals surface area contributed by atoms with Crippen LogP contribution < -0.4 is 35.5 Å². The zero-order valence-electron chi connectivity index (χ0n) is 39.3. The van der Waals surface area contributed by atoms with Crippen LogP contribution in [0.2, 0.25) is 0 Å². The number of para-hydroxylation sites is 1. The van der Waals surface area contributed by atoms with Crippen LogP contribution in [0.3, 0.4) is 0 Å². The maximum Gasteiger partial charge on any atom is 0.408 e. The van der Waals surface area contributed by atoms with E-state index in [1.165, 1.54) is 22.3 Å². The van der Waals surface area contributed by atoms with E-state index in [0.717, 1.165) is 30.8 Å². The van der Waals surface area contributed by atoms with Gasteiger partial charge in [0.1, 0.15) is 51.4 Å². The number of carbonyl (C=O) groups is 4. The Hall–Kier alpha value is -5.95. The maximum absolute atomic E-state index is 14.9. The third-order valence-corrected chi connectivity index (χ3v) is 14.0. The summed E-state index contributed by atoms with van der Waals surface area (Å²) >= 11 is 1.44. The molecule has 5 N–H and O–H groups in total. The predicted octanol–water partition coefficient (Wildman–Crippen LogP) is 7.01. The number of allylic oxidation sites excluding steroid dienone is 1.